The van der Waals surface area contributed by atoms with E-state index in [-0.39, 0.29) is 12.2 Å². The molecule has 110 valence electrons. The van der Waals surface area contributed by atoms with Crippen LogP contribution >= 0.6 is 0 Å². The minimum absolute atomic E-state index is 0.121. The van der Waals surface area contributed by atoms with Gasteiger partial charge in [-0.2, -0.15) is 0 Å². The third-order valence-corrected chi connectivity index (χ3v) is 2.91. The molecule has 0 saturated carbocycles. The van der Waals surface area contributed by atoms with Crippen molar-refractivity contribution in [3.8, 4) is 0 Å². The zero-order valence-electron chi connectivity index (χ0n) is 11.5. The van der Waals surface area contributed by atoms with E-state index in [1.54, 1.807) is 0 Å². The zero-order chi connectivity index (χ0) is 15.2. The number of hydrogen-bond acceptors (Lipinski definition) is 3. The molecular weight excluding hydrogens is 273 g/mol. The molecule has 0 spiro atoms. The Morgan fingerprint density at radius 2 is 2.00 bits per heavy atom. The fourth-order valence-electron chi connectivity index (χ4n) is 1.82. The molecule has 0 heterocycles. The van der Waals surface area contributed by atoms with Crippen molar-refractivity contribution < 1.29 is 19.0 Å². The van der Waals surface area contributed by atoms with Gasteiger partial charge in [0, 0.05) is 11.3 Å². The van der Waals surface area contributed by atoms with Gasteiger partial charge >= 0.3 is 6.09 Å². The molecule has 0 aliphatic heterocycles. The van der Waals surface area contributed by atoms with Crippen molar-refractivity contribution in [3.05, 3.63) is 65.5 Å². The molecule has 0 fully saturated rings. The molecule has 1 atom stereocenters. The van der Waals surface area contributed by atoms with Crippen LogP contribution in [0.3, 0.4) is 0 Å². The number of aliphatic hydroxyl groups excluding tert-OH is 1. The monoisotopic (exact) mass is 289 g/mol. The predicted octanol–water partition coefficient (Wildman–Crippen LogP) is 3.63. The van der Waals surface area contributed by atoms with Crippen LogP contribution in [-0.2, 0) is 11.3 Å². The summed E-state index contributed by atoms with van der Waals surface area (Å²) in [5, 5.41) is 11.9. The molecule has 2 N–H and O–H groups in total. The van der Waals surface area contributed by atoms with Gasteiger partial charge in [0.15, 0.2) is 0 Å². The quantitative estimate of drug-likeness (QED) is 0.903. The maximum absolute atomic E-state index is 13.4. The summed E-state index contributed by atoms with van der Waals surface area (Å²) >= 11 is 0. The number of amides is 1. The van der Waals surface area contributed by atoms with Crippen molar-refractivity contribution in [1.29, 1.82) is 0 Å². The fourth-order valence-corrected chi connectivity index (χ4v) is 1.82. The van der Waals surface area contributed by atoms with Crippen molar-refractivity contribution in [3.63, 3.8) is 0 Å². The molecule has 0 bridgehead atoms. The van der Waals surface area contributed by atoms with Crippen molar-refractivity contribution in [2.45, 2.75) is 19.6 Å². The van der Waals surface area contributed by atoms with Gasteiger partial charge in [0.05, 0.1) is 6.10 Å². The Morgan fingerprint density at radius 1 is 1.29 bits per heavy atom. The molecule has 21 heavy (non-hydrogen) atoms. The predicted molar refractivity (Wildman–Crippen MR) is 77.3 cm³/mol. The number of carbonyl (C=O) groups excluding carboxylic acids is 1. The van der Waals surface area contributed by atoms with E-state index in [2.05, 4.69) is 5.32 Å². The van der Waals surface area contributed by atoms with E-state index in [0.29, 0.717) is 5.69 Å². The van der Waals surface area contributed by atoms with E-state index >= 15 is 0 Å². The summed E-state index contributed by atoms with van der Waals surface area (Å²) in [6.45, 7) is 1.60. The molecule has 0 aliphatic rings. The molecule has 0 saturated heterocycles. The van der Waals surface area contributed by atoms with Gasteiger partial charge in [0.25, 0.3) is 0 Å². The van der Waals surface area contributed by atoms with Crippen LogP contribution in [0.4, 0.5) is 14.9 Å². The first-order valence-corrected chi connectivity index (χ1v) is 6.51. The van der Waals surface area contributed by atoms with Gasteiger partial charge in [0.1, 0.15) is 12.4 Å². The van der Waals surface area contributed by atoms with Crippen LogP contribution in [0, 0.1) is 5.82 Å². The van der Waals surface area contributed by atoms with E-state index < -0.39 is 18.0 Å². The van der Waals surface area contributed by atoms with E-state index in [4.69, 9.17) is 4.74 Å². The van der Waals surface area contributed by atoms with E-state index in [1.807, 2.05) is 30.3 Å². The van der Waals surface area contributed by atoms with Crippen LogP contribution in [0.5, 0.6) is 0 Å². The minimum atomic E-state index is -0.952. The van der Waals surface area contributed by atoms with Crippen LogP contribution in [0.1, 0.15) is 24.2 Å². The van der Waals surface area contributed by atoms with E-state index in [1.165, 1.54) is 25.1 Å². The van der Waals surface area contributed by atoms with Crippen molar-refractivity contribution in [2.24, 2.45) is 0 Å². The molecule has 0 aliphatic carbocycles. The molecule has 1 unspecified atom stereocenters. The summed E-state index contributed by atoms with van der Waals surface area (Å²) in [5.74, 6) is -0.520. The molecule has 2 aromatic rings. The number of carbonyl (C=O) groups is 1. The summed E-state index contributed by atoms with van der Waals surface area (Å²) in [5.41, 5.74) is 1.36. The number of anilines is 1. The van der Waals surface area contributed by atoms with Crippen LogP contribution in [-0.4, -0.2) is 11.2 Å². The smallest absolute Gasteiger partial charge is 0.411 e. The maximum Gasteiger partial charge on any atom is 0.411 e. The normalized spacial score (nSPS) is 11.8. The molecule has 0 radical (unpaired) electrons. The molecule has 4 nitrogen and oxygen atoms in total. The Labute approximate surface area is 122 Å². The average molecular weight is 289 g/mol. The van der Waals surface area contributed by atoms with Crippen LogP contribution in [0.15, 0.2) is 48.5 Å². The fraction of sp³-hybridized carbons (Fsp3) is 0.188. The lowest BCUT2D eigenvalue weighted by Crippen LogP contribution is -2.14. The van der Waals surface area contributed by atoms with Gasteiger partial charge in [-0.05, 0) is 30.7 Å². The number of halogens is 1. The maximum atomic E-state index is 13.4. The highest BCUT2D eigenvalue weighted by atomic mass is 19.1. The average Bonchev–Trinajstić information content (AvgIpc) is 2.48. The second-order valence-corrected chi connectivity index (χ2v) is 4.60. The topological polar surface area (TPSA) is 58.6 Å². The molecule has 5 heteroatoms. The van der Waals surface area contributed by atoms with E-state index in [9.17, 15) is 14.3 Å². The highest BCUT2D eigenvalue weighted by molar-refractivity contribution is 5.84. The Kier molecular flexibility index (Phi) is 4.90. The third-order valence-electron chi connectivity index (χ3n) is 2.91. The molecule has 2 aromatic carbocycles. The highest BCUT2D eigenvalue weighted by Crippen LogP contribution is 2.21. The number of nitrogens with one attached hydrogen (secondary N) is 1. The van der Waals surface area contributed by atoms with Crippen LogP contribution in [0.2, 0.25) is 0 Å². The molecule has 1 amide bonds. The Bertz CT molecular complexity index is 614. The summed E-state index contributed by atoms with van der Waals surface area (Å²) in [7, 11) is 0. The summed E-state index contributed by atoms with van der Waals surface area (Å²) in [4.78, 5) is 11.7. The largest absolute Gasteiger partial charge is 0.444 e. The van der Waals surface area contributed by atoms with Gasteiger partial charge in [-0.15, -0.1) is 0 Å². The van der Waals surface area contributed by atoms with E-state index in [0.717, 1.165) is 5.56 Å². The minimum Gasteiger partial charge on any atom is -0.444 e. The molecule has 2 rings (SSSR count). The second-order valence-electron chi connectivity index (χ2n) is 4.60. The lowest BCUT2D eigenvalue weighted by atomic mass is 10.1. The Morgan fingerprint density at radius 3 is 2.67 bits per heavy atom. The first-order valence-electron chi connectivity index (χ1n) is 6.51. The van der Waals surface area contributed by atoms with Gasteiger partial charge in [-0.3, -0.25) is 5.32 Å². The second kappa shape index (κ2) is 6.85. The summed E-state index contributed by atoms with van der Waals surface area (Å²) < 4.78 is 18.5. The number of hydrogen-bond donors (Lipinski definition) is 2. The van der Waals surface area contributed by atoms with Gasteiger partial charge < -0.3 is 9.84 Å². The highest BCUT2D eigenvalue weighted by Gasteiger charge is 2.10. The summed E-state index contributed by atoms with van der Waals surface area (Å²) in [6.07, 6.45) is -1.59. The molecule has 0 aromatic heterocycles. The zero-order valence-corrected chi connectivity index (χ0v) is 11.5. The first kappa shape index (κ1) is 15.0. The molecular formula is C16H16FNO3. The SMILES string of the molecule is CC(O)c1cc(NC(=O)OCc2ccccc2)ccc1F. The lowest BCUT2D eigenvalue weighted by molar-refractivity contribution is 0.155. The van der Waals surface area contributed by atoms with Gasteiger partial charge in [-0.1, -0.05) is 30.3 Å². The lowest BCUT2D eigenvalue weighted by Gasteiger charge is -2.10. The van der Waals surface area contributed by atoms with Crippen LogP contribution < -0.4 is 5.32 Å². The number of aliphatic hydroxyl groups is 1. The standard InChI is InChI=1S/C16H16FNO3/c1-11(19)14-9-13(7-8-15(14)17)18-16(20)21-10-12-5-3-2-4-6-12/h2-9,11,19H,10H2,1H3,(H,18,20). The van der Waals surface area contributed by atoms with Gasteiger partial charge in [0.2, 0.25) is 0 Å². The first-order chi connectivity index (χ1) is 10.1. The van der Waals surface area contributed by atoms with Crippen molar-refractivity contribution >= 4 is 11.8 Å². The Hall–Kier alpha value is -2.40. The number of benzene rings is 2. The number of ether oxygens (including phenoxy) is 1. The number of rotatable bonds is 4. The summed E-state index contributed by atoms with van der Waals surface area (Å²) in [6, 6.07) is 13.2. The van der Waals surface area contributed by atoms with Gasteiger partial charge in [-0.25, -0.2) is 9.18 Å². The van der Waals surface area contributed by atoms with Crippen molar-refractivity contribution in [2.75, 3.05) is 5.32 Å². The Balaban J connectivity index is 1.95. The van der Waals surface area contributed by atoms with Crippen molar-refractivity contribution in [1.82, 2.24) is 0 Å². The third kappa shape index (κ3) is 4.29. The van der Waals surface area contributed by atoms with Crippen LogP contribution in [0.25, 0.3) is 0 Å².